The summed E-state index contributed by atoms with van der Waals surface area (Å²) in [5, 5.41) is 2.45. The molecule has 0 radical (unpaired) electrons. The van der Waals surface area contributed by atoms with Crippen LogP contribution in [0, 0.1) is 0 Å². The molecule has 1 amide bonds. The van der Waals surface area contributed by atoms with E-state index < -0.39 is 36.2 Å². The molecule has 182 valence electrons. The Morgan fingerprint density at radius 2 is 1.79 bits per heavy atom. The SMILES string of the molecule is CC1(C)OB(C(=Cc2cc(Cl)ncc2C(F)(F)F)CNC(=O)OCc2ccccc2)OC1(C)C. The third-order valence-electron chi connectivity index (χ3n) is 5.75. The van der Waals surface area contributed by atoms with Gasteiger partial charge in [-0.2, -0.15) is 13.2 Å². The summed E-state index contributed by atoms with van der Waals surface area (Å²) in [6, 6.07) is 10.2. The van der Waals surface area contributed by atoms with Gasteiger partial charge in [-0.15, -0.1) is 0 Å². The van der Waals surface area contributed by atoms with Gasteiger partial charge in [0.1, 0.15) is 11.8 Å². The Hall–Kier alpha value is -2.56. The fourth-order valence-electron chi connectivity index (χ4n) is 3.15. The number of alkyl carbamates (subject to hydrolysis) is 1. The molecule has 11 heteroatoms. The number of carbonyl (C=O) groups excluding carboxylic acids is 1. The maximum Gasteiger partial charge on any atom is 0.492 e. The average Bonchev–Trinajstić information content (AvgIpc) is 2.96. The normalized spacial score (nSPS) is 17.5. The number of alkyl halides is 3. The van der Waals surface area contributed by atoms with Crippen molar-refractivity contribution in [2.75, 3.05) is 6.54 Å². The van der Waals surface area contributed by atoms with Crippen LogP contribution in [-0.4, -0.2) is 35.9 Å². The van der Waals surface area contributed by atoms with Gasteiger partial charge >= 0.3 is 19.4 Å². The quantitative estimate of drug-likeness (QED) is 0.411. The van der Waals surface area contributed by atoms with E-state index in [4.69, 9.17) is 25.6 Å². The molecule has 1 fully saturated rings. The molecule has 0 aliphatic carbocycles. The monoisotopic (exact) mass is 496 g/mol. The topological polar surface area (TPSA) is 69.7 Å². The number of ether oxygens (including phenoxy) is 1. The highest BCUT2D eigenvalue weighted by molar-refractivity contribution is 6.56. The van der Waals surface area contributed by atoms with Crippen molar-refractivity contribution in [2.24, 2.45) is 0 Å². The number of carbonyl (C=O) groups is 1. The molecule has 0 saturated carbocycles. The van der Waals surface area contributed by atoms with E-state index in [1.165, 1.54) is 6.08 Å². The molecule has 1 aliphatic rings. The Morgan fingerprint density at radius 1 is 1.18 bits per heavy atom. The van der Waals surface area contributed by atoms with E-state index in [0.717, 1.165) is 11.6 Å². The zero-order chi connectivity index (χ0) is 25.1. The predicted octanol–water partition coefficient (Wildman–Crippen LogP) is 5.70. The van der Waals surface area contributed by atoms with Crippen molar-refractivity contribution < 1.29 is 32.0 Å². The molecule has 34 heavy (non-hydrogen) atoms. The Bertz CT molecular complexity index is 1050. The number of benzene rings is 1. The second-order valence-electron chi connectivity index (χ2n) is 8.81. The third-order valence-corrected chi connectivity index (χ3v) is 5.96. The summed E-state index contributed by atoms with van der Waals surface area (Å²) in [4.78, 5) is 15.8. The maximum absolute atomic E-state index is 13.6. The molecular formula is C23H25BClF3N2O4. The van der Waals surface area contributed by atoms with Crippen LogP contribution in [0.25, 0.3) is 6.08 Å². The third kappa shape index (κ3) is 6.31. The molecule has 0 atom stereocenters. The first-order valence-corrected chi connectivity index (χ1v) is 10.9. The molecule has 1 saturated heterocycles. The molecule has 2 heterocycles. The Morgan fingerprint density at radius 3 is 2.38 bits per heavy atom. The number of amides is 1. The van der Waals surface area contributed by atoms with Crippen LogP contribution >= 0.6 is 11.6 Å². The van der Waals surface area contributed by atoms with Crippen LogP contribution in [0.4, 0.5) is 18.0 Å². The lowest BCUT2D eigenvalue weighted by atomic mass is 9.76. The first-order valence-electron chi connectivity index (χ1n) is 10.5. The van der Waals surface area contributed by atoms with Crippen molar-refractivity contribution in [2.45, 2.75) is 51.7 Å². The van der Waals surface area contributed by atoms with Crippen molar-refractivity contribution in [3.8, 4) is 0 Å². The summed E-state index contributed by atoms with van der Waals surface area (Å²) >= 11 is 5.87. The van der Waals surface area contributed by atoms with Crippen LogP contribution in [0.15, 0.2) is 48.1 Å². The molecule has 6 nitrogen and oxygen atoms in total. The highest BCUT2D eigenvalue weighted by atomic mass is 35.5. The summed E-state index contributed by atoms with van der Waals surface area (Å²) in [6.07, 6.45) is -3.49. The first kappa shape index (κ1) is 26.1. The van der Waals surface area contributed by atoms with E-state index in [9.17, 15) is 18.0 Å². The van der Waals surface area contributed by atoms with E-state index in [1.54, 1.807) is 12.1 Å². The molecule has 1 N–H and O–H groups in total. The van der Waals surface area contributed by atoms with Gasteiger partial charge in [0.15, 0.2) is 0 Å². The summed E-state index contributed by atoms with van der Waals surface area (Å²) < 4.78 is 57.9. The predicted molar refractivity (Wildman–Crippen MR) is 123 cm³/mol. The number of pyridine rings is 1. The van der Waals surface area contributed by atoms with Crippen LogP contribution in [0.5, 0.6) is 0 Å². The number of nitrogens with zero attached hydrogens (tertiary/aromatic N) is 1. The number of halogens is 4. The highest BCUT2D eigenvalue weighted by Crippen LogP contribution is 2.39. The smallest absolute Gasteiger partial charge is 0.445 e. The second kappa shape index (κ2) is 9.97. The van der Waals surface area contributed by atoms with Crippen molar-refractivity contribution in [1.82, 2.24) is 10.3 Å². The number of hydrogen-bond donors (Lipinski definition) is 1. The lowest BCUT2D eigenvalue weighted by Gasteiger charge is -2.32. The van der Waals surface area contributed by atoms with E-state index >= 15 is 0 Å². The zero-order valence-electron chi connectivity index (χ0n) is 19.2. The van der Waals surface area contributed by atoms with Crippen LogP contribution in [0.2, 0.25) is 5.15 Å². The molecule has 1 aromatic carbocycles. The molecular weight excluding hydrogens is 472 g/mol. The highest BCUT2D eigenvalue weighted by Gasteiger charge is 2.52. The van der Waals surface area contributed by atoms with Crippen molar-refractivity contribution in [3.63, 3.8) is 0 Å². The van der Waals surface area contributed by atoms with Crippen molar-refractivity contribution >= 4 is 30.9 Å². The van der Waals surface area contributed by atoms with Gasteiger partial charge in [-0.05, 0) is 50.4 Å². The van der Waals surface area contributed by atoms with Gasteiger partial charge in [0.25, 0.3) is 0 Å². The maximum atomic E-state index is 13.6. The number of rotatable bonds is 6. The van der Waals surface area contributed by atoms with Gasteiger partial charge in [-0.3, -0.25) is 0 Å². The number of hydrogen-bond acceptors (Lipinski definition) is 5. The van der Waals surface area contributed by atoms with Crippen molar-refractivity contribution in [3.05, 3.63) is 69.9 Å². The standard InChI is InChI=1S/C23H25BClF3N2O4/c1-21(2)22(3,4)34-24(33-21)17(10-16-11-19(25)29-13-18(16)23(26,27)28)12-30-20(31)32-14-15-8-6-5-7-9-15/h5-11,13H,12,14H2,1-4H3,(H,30,31). The minimum Gasteiger partial charge on any atom is -0.445 e. The first-order chi connectivity index (χ1) is 15.8. The number of aromatic nitrogens is 1. The lowest BCUT2D eigenvalue weighted by molar-refractivity contribution is -0.138. The van der Waals surface area contributed by atoms with Gasteiger partial charge in [-0.1, -0.05) is 48.0 Å². The van der Waals surface area contributed by atoms with E-state index in [2.05, 4.69) is 10.3 Å². The van der Waals surface area contributed by atoms with Crippen LogP contribution in [-0.2, 0) is 26.8 Å². The molecule has 3 rings (SSSR count). The molecule has 1 aliphatic heterocycles. The Balaban J connectivity index is 1.85. The fraction of sp³-hybridized carbons (Fsp3) is 0.391. The van der Waals surface area contributed by atoms with Gasteiger partial charge < -0.3 is 19.4 Å². The zero-order valence-corrected chi connectivity index (χ0v) is 20.0. The van der Waals surface area contributed by atoms with Gasteiger partial charge in [-0.25, -0.2) is 9.78 Å². The second-order valence-corrected chi connectivity index (χ2v) is 9.20. The van der Waals surface area contributed by atoms with E-state index in [1.807, 2.05) is 45.9 Å². The summed E-state index contributed by atoms with van der Waals surface area (Å²) in [5.74, 6) is 0. The largest absolute Gasteiger partial charge is 0.492 e. The number of nitrogens with one attached hydrogen (secondary N) is 1. The van der Waals surface area contributed by atoms with Gasteiger partial charge in [0.05, 0.1) is 16.8 Å². The summed E-state index contributed by atoms with van der Waals surface area (Å²) in [6.45, 7) is 7.13. The molecule has 1 aromatic heterocycles. The van der Waals surface area contributed by atoms with Crippen LogP contribution in [0.1, 0.15) is 44.4 Å². The van der Waals surface area contributed by atoms with Crippen LogP contribution in [0.3, 0.4) is 0 Å². The average molecular weight is 497 g/mol. The molecule has 0 bridgehead atoms. The summed E-state index contributed by atoms with van der Waals surface area (Å²) in [5.41, 5.74) is -1.64. The molecule has 0 unspecified atom stereocenters. The van der Waals surface area contributed by atoms with Crippen molar-refractivity contribution in [1.29, 1.82) is 0 Å². The van der Waals surface area contributed by atoms with E-state index in [-0.39, 0.29) is 29.3 Å². The lowest BCUT2D eigenvalue weighted by Crippen LogP contribution is -2.41. The van der Waals surface area contributed by atoms with Gasteiger partial charge in [0, 0.05) is 12.7 Å². The van der Waals surface area contributed by atoms with E-state index in [0.29, 0.717) is 6.20 Å². The minimum atomic E-state index is -4.66. The fourth-order valence-corrected chi connectivity index (χ4v) is 3.31. The molecule has 0 spiro atoms. The van der Waals surface area contributed by atoms with Gasteiger partial charge in [0.2, 0.25) is 0 Å². The minimum absolute atomic E-state index is 0.0421. The van der Waals surface area contributed by atoms with Crippen LogP contribution < -0.4 is 5.32 Å². The Labute approximate surface area is 201 Å². The summed E-state index contributed by atoms with van der Waals surface area (Å²) in [7, 11) is -1.01. The molecule has 2 aromatic rings. The Kier molecular flexibility index (Phi) is 7.64.